The molecule has 5 nitrogen and oxygen atoms in total. The molecular formula is C28H23N3O2. The molecule has 0 aliphatic carbocycles. The summed E-state index contributed by atoms with van der Waals surface area (Å²) in [5.74, 6) is 1.45. The van der Waals surface area contributed by atoms with E-state index in [-0.39, 0.29) is 5.43 Å². The molecule has 0 atom stereocenters. The third kappa shape index (κ3) is 3.96. The maximum Gasteiger partial charge on any atom is 0.193 e. The van der Waals surface area contributed by atoms with Crippen molar-refractivity contribution in [3.8, 4) is 22.7 Å². The van der Waals surface area contributed by atoms with Crippen molar-refractivity contribution >= 4 is 22.4 Å². The monoisotopic (exact) mass is 433 g/mol. The highest BCUT2D eigenvalue weighted by atomic mass is 16.5. The molecule has 5 aromatic rings. The van der Waals surface area contributed by atoms with Crippen molar-refractivity contribution in [2.75, 3.05) is 12.4 Å². The minimum Gasteiger partial charge on any atom is -0.497 e. The highest BCUT2D eigenvalue weighted by Gasteiger charge is 2.17. The SMILES string of the molecule is COc1ccc(-c2nc(C)cc3c2c(=O)cc(Nc2ccccc2)n3-c2ccccc2)cc1. The van der Waals surface area contributed by atoms with Crippen LogP contribution in [0.3, 0.4) is 0 Å². The quantitative estimate of drug-likeness (QED) is 0.363. The zero-order chi connectivity index (χ0) is 22.8. The minimum atomic E-state index is -0.0890. The van der Waals surface area contributed by atoms with Crippen LogP contribution >= 0.6 is 0 Å². The second-order valence-corrected chi connectivity index (χ2v) is 7.79. The second kappa shape index (κ2) is 8.63. The minimum absolute atomic E-state index is 0.0890. The van der Waals surface area contributed by atoms with E-state index < -0.39 is 0 Å². The molecule has 0 aliphatic heterocycles. The first-order chi connectivity index (χ1) is 16.1. The van der Waals surface area contributed by atoms with Gasteiger partial charge in [0.25, 0.3) is 0 Å². The number of hydrogen-bond acceptors (Lipinski definition) is 4. The van der Waals surface area contributed by atoms with Crippen molar-refractivity contribution in [2.45, 2.75) is 6.92 Å². The Morgan fingerprint density at radius 2 is 1.52 bits per heavy atom. The van der Waals surface area contributed by atoms with E-state index in [1.54, 1.807) is 13.2 Å². The standard InChI is InChI=1S/C28H23N3O2/c1-19-17-24-27(28(29-19)20-13-15-23(33-2)16-14-20)25(32)18-26(30-21-9-5-3-6-10-21)31(24)22-11-7-4-8-12-22/h3-18,30H,1-2H3. The molecule has 3 aromatic carbocycles. The fraction of sp³-hybridized carbons (Fsp3) is 0.0714. The van der Waals surface area contributed by atoms with Gasteiger partial charge in [-0.15, -0.1) is 0 Å². The molecule has 0 saturated carbocycles. The molecule has 2 aromatic heterocycles. The number of methoxy groups -OCH3 is 1. The summed E-state index contributed by atoms with van der Waals surface area (Å²) in [5, 5.41) is 4.00. The number of benzene rings is 3. The average Bonchev–Trinajstić information content (AvgIpc) is 2.85. The number of para-hydroxylation sites is 2. The normalized spacial score (nSPS) is 10.8. The van der Waals surface area contributed by atoms with Crippen LogP contribution in [0.5, 0.6) is 5.75 Å². The first-order valence-corrected chi connectivity index (χ1v) is 10.7. The number of aryl methyl sites for hydroxylation is 1. The lowest BCUT2D eigenvalue weighted by molar-refractivity contribution is 0.415. The molecule has 0 unspecified atom stereocenters. The van der Waals surface area contributed by atoms with Crippen LogP contribution in [0, 0.1) is 6.92 Å². The summed E-state index contributed by atoms with van der Waals surface area (Å²) in [6, 6.07) is 31.1. The van der Waals surface area contributed by atoms with Crippen LogP contribution < -0.4 is 15.5 Å². The van der Waals surface area contributed by atoms with Crippen molar-refractivity contribution in [1.82, 2.24) is 9.55 Å². The van der Waals surface area contributed by atoms with Gasteiger partial charge in [0.1, 0.15) is 11.6 Å². The van der Waals surface area contributed by atoms with E-state index in [0.29, 0.717) is 16.9 Å². The van der Waals surface area contributed by atoms with E-state index in [4.69, 9.17) is 9.72 Å². The van der Waals surface area contributed by atoms with Crippen LogP contribution in [0.25, 0.3) is 27.8 Å². The van der Waals surface area contributed by atoms with E-state index in [1.165, 1.54) is 0 Å². The second-order valence-electron chi connectivity index (χ2n) is 7.79. The largest absolute Gasteiger partial charge is 0.497 e. The predicted molar refractivity (Wildman–Crippen MR) is 134 cm³/mol. The Bertz CT molecular complexity index is 1480. The number of aromatic nitrogens is 2. The summed E-state index contributed by atoms with van der Waals surface area (Å²) < 4.78 is 7.37. The summed E-state index contributed by atoms with van der Waals surface area (Å²) in [6.07, 6.45) is 0. The Labute approximate surface area is 191 Å². The van der Waals surface area contributed by atoms with Crippen LogP contribution in [0.15, 0.2) is 102 Å². The van der Waals surface area contributed by atoms with E-state index >= 15 is 0 Å². The van der Waals surface area contributed by atoms with Crippen LogP contribution in [0.2, 0.25) is 0 Å². The molecule has 5 rings (SSSR count). The van der Waals surface area contributed by atoms with E-state index in [2.05, 4.69) is 9.88 Å². The zero-order valence-corrected chi connectivity index (χ0v) is 18.4. The number of anilines is 2. The molecule has 0 fully saturated rings. The van der Waals surface area contributed by atoms with Crippen molar-refractivity contribution in [1.29, 1.82) is 0 Å². The third-order valence-corrected chi connectivity index (χ3v) is 5.55. The molecule has 0 amide bonds. The van der Waals surface area contributed by atoms with Crippen molar-refractivity contribution in [3.05, 3.63) is 113 Å². The smallest absolute Gasteiger partial charge is 0.193 e. The predicted octanol–water partition coefficient (Wildman–Crippen LogP) is 6.11. The highest BCUT2D eigenvalue weighted by molar-refractivity contribution is 5.95. The number of hydrogen-bond donors (Lipinski definition) is 1. The van der Waals surface area contributed by atoms with Gasteiger partial charge in [-0.3, -0.25) is 14.3 Å². The molecule has 33 heavy (non-hydrogen) atoms. The molecule has 5 heteroatoms. The number of fused-ring (bicyclic) bond motifs is 1. The Kier molecular flexibility index (Phi) is 5.37. The summed E-state index contributed by atoms with van der Waals surface area (Å²) in [4.78, 5) is 18.2. The van der Waals surface area contributed by atoms with Gasteiger partial charge in [-0.2, -0.15) is 0 Å². The molecule has 0 bridgehead atoms. The Balaban J connectivity index is 1.82. The first-order valence-electron chi connectivity index (χ1n) is 10.7. The Morgan fingerprint density at radius 1 is 0.848 bits per heavy atom. The Morgan fingerprint density at radius 3 is 2.18 bits per heavy atom. The summed E-state index contributed by atoms with van der Waals surface area (Å²) in [5.41, 5.74) is 4.92. The van der Waals surface area contributed by atoms with Gasteiger partial charge in [-0.05, 0) is 61.5 Å². The lowest BCUT2D eigenvalue weighted by atomic mass is 10.0. The number of pyridine rings is 2. The van der Waals surface area contributed by atoms with Crippen LogP contribution in [-0.2, 0) is 0 Å². The Hall–Kier alpha value is -4.38. The summed E-state index contributed by atoms with van der Waals surface area (Å²) in [6.45, 7) is 1.95. The summed E-state index contributed by atoms with van der Waals surface area (Å²) >= 11 is 0. The number of rotatable bonds is 5. The average molecular weight is 434 g/mol. The number of nitrogens with one attached hydrogen (secondary N) is 1. The van der Waals surface area contributed by atoms with E-state index in [1.807, 2.05) is 97.9 Å². The van der Waals surface area contributed by atoms with Gasteiger partial charge in [0.2, 0.25) is 0 Å². The van der Waals surface area contributed by atoms with Crippen LogP contribution in [0.1, 0.15) is 5.69 Å². The maximum atomic E-state index is 13.5. The van der Waals surface area contributed by atoms with Gasteiger partial charge in [0, 0.05) is 28.7 Å². The van der Waals surface area contributed by atoms with Crippen molar-refractivity contribution < 1.29 is 4.74 Å². The molecule has 162 valence electrons. The van der Waals surface area contributed by atoms with E-state index in [9.17, 15) is 4.79 Å². The van der Waals surface area contributed by atoms with Gasteiger partial charge in [-0.1, -0.05) is 36.4 Å². The fourth-order valence-electron chi connectivity index (χ4n) is 4.04. The van der Waals surface area contributed by atoms with Crippen molar-refractivity contribution in [3.63, 3.8) is 0 Å². The fourth-order valence-corrected chi connectivity index (χ4v) is 4.04. The van der Waals surface area contributed by atoms with Crippen LogP contribution in [-0.4, -0.2) is 16.7 Å². The molecule has 1 N–H and O–H groups in total. The lowest BCUT2D eigenvalue weighted by Crippen LogP contribution is -2.14. The van der Waals surface area contributed by atoms with E-state index in [0.717, 1.165) is 33.9 Å². The maximum absolute atomic E-state index is 13.5. The molecule has 0 aliphatic rings. The highest BCUT2D eigenvalue weighted by Crippen LogP contribution is 2.31. The van der Waals surface area contributed by atoms with Gasteiger partial charge in [-0.25, -0.2) is 0 Å². The van der Waals surface area contributed by atoms with Crippen LogP contribution in [0.4, 0.5) is 11.5 Å². The molecule has 0 spiro atoms. The topological polar surface area (TPSA) is 56.1 Å². The summed E-state index contributed by atoms with van der Waals surface area (Å²) in [7, 11) is 1.63. The lowest BCUT2D eigenvalue weighted by Gasteiger charge is -2.20. The molecule has 0 saturated heterocycles. The van der Waals surface area contributed by atoms with Gasteiger partial charge < -0.3 is 10.1 Å². The third-order valence-electron chi connectivity index (χ3n) is 5.55. The molecular weight excluding hydrogens is 410 g/mol. The molecule has 2 heterocycles. The molecule has 0 radical (unpaired) electrons. The number of ether oxygens (including phenoxy) is 1. The van der Waals surface area contributed by atoms with Gasteiger partial charge in [0.05, 0.1) is 23.7 Å². The zero-order valence-electron chi connectivity index (χ0n) is 18.4. The van der Waals surface area contributed by atoms with Gasteiger partial charge in [0.15, 0.2) is 5.43 Å². The van der Waals surface area contributed by atoms with Crippen molar-refractivity contribution in [2.24, 2.45) is 0 Å². The van der Waals surface area contributed by atoms with Gasteiger partial charge >= 0.3 is 0 Å². The first kappa shape index (κ1) is 20.5. The number of nitrogens with zero attached hydrogens (tertiary/aromatic N) is 2.